The number of anilines is 1. The SMILES string of the molecule is CC(=O)OC(C)Oc1cc(NS(=O)(=O)c2ccc(C(C)(C)C)cc2)on1. The topological polar surface area (TPSA) is 108 Å². The van der Waals surface area contributed by atoms with E-state index in [1.807, 2.05) is 20.8 Å². The second-order valence-corrected chi connectivity index (χ2v) is 8.39. The van der Waals surface area contributed by atoms with Crippen LogP contribution in [0.5, 0.6) is 5.88 Å². The van der Waals surface area contributed by atoms with Gasteiger partial charge in [-0.3, -0.25) is 4.79 Å². The summed E-state index contributed by atoms with van der Waals surface area (Å²) in [5.41, 5.74) is 0.942. The molecular weight excluding hydrogens is 360 g/mol. The van der Waals surface area contributed by atoms with Crippen LogP contribution in [0.1, 0.15) is 40.2 Å². The molecule has 0 spiro atoms. The van der Waals surface area contributed by atoms with E-state index >= 15 is 0 Å². The number of carbonyl (C=O) groups is 1. The number of rotatable bonds is 6. The van der Waals surface area contributed by atoms with E-state index in [1.54, 1.807) is 12.1 Å². The predicted molar refractivity (Wildman–Crippen MR) is 94.3 cm³/mol. The fourth-order valence-corrected chi connectivity index (χ4v) is 3.09. The highest BCUT2D eigenvalue weighted by Gasteiger charge is 2.20. The first-order valence-corrected chi connectivity index (χ1v) is 9.39. The van der Waals surface area contributed by atoms with Crippen molar-refractivity contribution in [3.63, 3.8) is 0 Å². The Kier molecular flexibility index (Phi) is 5.60. The lowest BCUT2D eigenvalue weighted by Crippen LogP contribution is -2.19. The molecule has 0 amide bonds. The molecule has 8 nitrogen and oxygen atoms in total. The fourth-order valence-electron chi connectivity index (χ4n) is 2.12. The van der Waals surface area contributed by atoms with Crippen LogP contribution in [0.15, 0.2) is 39.8 Å². The number of hydrogen-bond acceptors (Lipinski definition) is 7. The van der Waals surface area contributed by atoms with Crippen molar-refractivity contribution < 1.29 is 27.2 Å². The van der Waals surface area contributed by atoms with Crippen LogP contribution in [0.3, 0.4) is 0 Å². The fraction of sp³-hybridized carbons (Fsp3) is 0.412. The quantitative estimate of drug-likeness (QED) is 0.604. The molecule has 0 aliphatic carbocycles. The Morgan fingerprint density at radius 2 is 1.85 bits per heavy atom. The normalized spacial score (nSPS) is 13.1. The van der Waals surface area contributed by atoms with Crippen LogP contribution in [0.4, 0.5) is 5.88 Å². The van der Waals surface area contributed by atoms with Crippen molar-refractivity contribution in [1.29, 1.82) is 0 Å². The molecule has 9 heteroatoms. The molecule has 1 heterocycles. The number of carbonyl (C=O) groups excluding carboxylic acids is 1. The predicted octanol–water partition coefficient (Wildman–Crippen LogP) is 3.06. The van der Waals surface area contributed by atoms with Crippen LogP contribution in [0, 0.1) is 0 Å². The number of nitrogens with one attached hydrogen (secondary N) is 1. The van der Waals surface area contributed by atoms with E-state index in [1.165, 1.54) is 32.0 Å². The Balaban J connectivity index is 2.09. The summed E-state index contributed by atoms with van der Waals surface area (Å²) in [6.07, 6.45) is -0.882. The number of aromatic nitrogens is 1. The van der Waals surface area contributed by atoms with Gasteiger partial charge in [-0.25, -0.2) is 13.1 Å². The molecule has 2 rings (SSSR count). The number of esters is 1. The van der Waals surface area contributed by atoms with Gasteiger partial charge in [0.2, 0.25) is 12.2 Å². The molecule has 142 valence electrons. The van der Waals surface area contributed by atoms with E-state index in [0.717, 1.165) is 5.56 Å². The second kappa shape index (κ2) is 7.36. The molecule has 0 radical (unpaired) electrons. The first kappa shape index (κ1) is 19.8. The largest absolute Gasteiger partial charge is 0.435 e. The number of sulfonamides is 1. The van der Waals surface area contributed by atoms with Crippen molar-refractivity contribution in [3.05, 3.63) is 35.9 Å². The summed E-state index contributed by atoms with van der Waals surface area (Å²) < 4.78 is 42.0. The van der Waals surface area contributed by atoms with Crippen molar-refractivity contribution in [2.45, 2.75) is 51.2 Å². The van der Waals surface area contributed by atoms with Crippen LogP contribution >= 0.6 is 0 Å². The van der Waals surface area contributed by atoms with Crippen LogP contribution in [0.2, 0.25) is 0 Å². The zero-order valence-electron chi connectivity index (χ0n) is 15.3. The summed E-state index contributed by atoms with van der Waals surface area (Å²) in [5, 5.41) is 3.57. The van der Waals surface area contributed by atoms with Crippen molar-refractivity contribution in [3.8, 4) is 5.88 Å². The summed E-state index contributed by atoms with van der Waals surface area (Å²) in [6.45, 7) is 8.87. The number of ether oxygens (including phenoxy) is 2. The van der Waals surface area contributed by atoms with Crippen LogP contribution in [-0.4, -0.2) is 25.8 Å². The van der Waals surface area contributed by atoms with Gasteiger partial charge in [-0.1, -0.05) is 32.9 Å². The van der Waals surface area contributed by atoms with Crippen molar-refractivity contribution >= 4 is 21.9 Å². The third-order valence-electron chi connectivity index (χ3n) is 3.37. The average molecular weight is 382 g/mol. The van der Waals surface area contributed by atoms with Gasteiger partial charge in [-0.2, -0.15) is 0 Å². The Morgan fingerprint density at radius 3 is 2.38 bits per heavy atom. The Bertz CT molecular complexity index is 865. The third-order valence-corrected chi connectivity index (χ3v) is 4.74. The van der Waals surface area contributed by atoms with Gasteiger partial charge >= 0.3 is 5.97 Å². The van der Waals surface area contributed by atoms with Gasteiger partial charge in [0.25, 0.3) is 15.9 Å². The molecule has 1 N–H and O–H groups in total. The molecule has 1 aromatic heterocycles. The highest BCUT2D eigenvalue weighted by Crippen LogP contribution is 2.25. The Labute approximate surface area is 152 Å². The molecule has 26 heavy (non-hydrogen) atoms. The van der Waals surface area contributed by atoms with Crippen molar-refractivity contribution in [2.75, 3.05) is 4.72 Å². The molecule has 2 aromatic rings. The minimum Gasteiger partial charge on any atom is -0.435 e. The molecule has 1 aromatic carbocycles. The van der Waals surface area contributed by atoms with Crippen LogP contribution in [0.25, 0.3) is 0 Å². The average Bonchev–Trinajstić information content (AvgIpc) is 2.91. The Hall–Kier alpha value is -2.55. The maximum atomic E-state index is 12.4. The van der Waals surface area contributed by atoms with E-state index in [2.05, 4.69) is 9.88 Å². The summed E-state index contributed by atoms with van der Waals surface area (Å²) >= 11 is 0. The maximum Gasteiger partial charge on any atom is 0.305 e. The molecule has 0 bridgehead atoms. The molecule has 0 aliphatic heterocycles. The first-order chi connectivity index (χ1) is 12.0. The van der Waals surface area contributed by atoms with Gasteiger partial charge in [0.15, 0.2) is 0 Å². The van der Waals surface area contributed by atoms with E-state index in [-0.39, 0.29) is 22.1 Å². The summed E-state index contributed by atoms with van der Waals surface area (Å²) in [6, 6.07) is 7.84. The molecular formula is C17H22N2O6S. The van der Waals surface area contributed by atoms with Gasteiger partial charge in [-0.15, -0.1) is 0 Å². The van der Waals surface area contributed by atoms with Gasteiger partial charge in [0.1, 0.15) is 0 Å². The van der Waals surface area contributed by atoms with E-state index in [0.29, 0.717) is 0 Å². The van der Waals surface area contributed by atoms with Crippen molar-refractivity contribution in [1.82, 2.24) is 5.16 Å². The van der Waals surface area contributed by atoms with E-state index in [9.17, 15) is 13.2 Å². The van der Waals surface area contributed by atoms with E-state index < -0.39 is 22.3 Å². The molecule has 0 aliphatic rings. The lowest BCUT2D eigenvalue weighted by Gasteiger charge is -2.19. The second-order valence-electron chi connectivity index (χ2n) is 6.70. The highest BCUT2D eigenvalue weighted by molar-refractivity contribution is 7.92. The minimum absolute atomic E-state index is 0.0143. The van der Waals surface area contributed by atoms with Crippen LogP contribution < -0.4 is 9.46 Å². The minimum atomic E-state index is -3.83. The van der Waals surface area contributed by atoms with Gasteiger partial charge in [-0.05, 0) is 28.3 Å². The number of nitrogens with zero attached hydrogens (tertiary/aromatic N) is 1. The van der Waals surface area contributed by atoms with Crippen molar-refractivity contribution in [2.24, 2.45) is 0 Å². The zero-order valence-corrected chi connectivity index (χ0v) is 16.1. The standard InChI is InChI=1S/C17H22N2O6S/c1-11(20)23-12(2)24-15-10-16(25-18-15)19-26(21,22)14-8-6-13(7-9-14)17(3,4)5/h6-10,12,19H,1-5H3. The summed E-state index contributed by atoms with van der Waals surface area (Å²) in [4.78, 5) is 10.9. The molecule has 1 atom stereocenters. The van der Waals surface area contributed by atoms with E-state index in [4.69, 9.17) is 14.0 Å². The van der Waals surface area contributed by atoms with Crippen LogP contribution in [-0.2, 0) is 25.0 Å². The Morgan fingerprint density at radius 1 is 1.23 bits per heavy atom. The lowest BCUT2D eigenvalue weighted by molar-refractivity contribution is -0.158. The van der Waals surface area contributed by atoms with Gasteiger partial charge < -0.3 is 14.0 Å². The first-order valence-electron chi connectivity index (χ1n) is 7.91. The summed E-state index contributed by atoms with van der Waals surface area (Å²) in [5.74, 6) is -0.643. The smallest absolute Gasteiger partial charge is 0.305 e. The third kappa shape index (κ3) is 5.22. The molecule has 0 saturated heterocycles. The lowest BCUT2D eigenvalue weighted by atomic mass is 9.87. The molecule has 0 saturated carbocycles. The summed E-state index contributed by atoms with van der Waals surface area (Å²) in [7, 11) is -3.83. The zero-order chi connectivity index (χ0) is 19.5. The highest BCUT2D eigenvalue weighted by atomic mass is 32.2. The number of hydrogen-bond donors (Lipinski definition) is 1. The molecule has 0 fully saturated rings. The monoisotopic (exact) mass is 382 g/mol. The maximum absolute atomic E-state index is 12.4. The molecule has 1 unspecified atom stereocenters. The van der Waals surface area contributed by atoms with Gasteiger partial charge in [0.05, 0.1) is 11.0 Å². The van der Waals surface area contributed by atoms with Gasteiger partial charge in [0, 0.05) is 13.8 Å². The number of benzene rings is 1.